The normalized spacial score (nSPS) is 16.7. The van der Waals surface area contributed by atoms with Crippen LogP contribution in [0.25, 0.3) is 185 Å². The molecule has 11 aromatic carbocycles. The lowest BCUT2D eigenvalue weighted by molar-refractivity contribution is 0.624. The van der Waals surface area contributed by atoms with E-state index in [-0.39, 0.29) is 127 Å². The van der Waals surface area contributed by atoms with Crippen molar-refractivity contribution in [2.45, 2.75) is 71.6 Å². The lowest BCUT2D eigenvalue weighted by Gasteiger charge is -2.34. The van der Waals surface area contributed by atoms with Crippen LogP contribution in [0.2, 0.25) is 0 Å². The van der Waals surface area contributed by atoms with Crippen LogP contribution >= 0.6 is 0 Å². The molecule has 0 radical (unpaired) electrons. The number of para-hydroxylation sites is 2. The Balaban J connectivity index is 0.000000127. The Kier molecular flexibility index (Phi) is 11.4. The van der Waals surface area contributed by atoms with E-state index in [0.717, 1.165) is 116 Å². The second-order valence-corrected chi connectivity index (χ2v) is 31.1. The summed E-state index contributed by atoms with van der Waals surface area (Å²) in [5, 5.41) is 4.62. The molecule has 582 valence electrons. The topological polar surface area (TPSA) is 182 Å². The molecule has 16 heteroatoms. The fourth-order valence-corrected chi connectivity index (χ4v) is 17.2. The van der Waals surface area contributed by atoms with Gasteiger partial charge in [0.15, 0.2) is 52.4 Å². The summed E-state index contributed by atoms with van der Waals surface area (Å²) in [6.07, 6.45) is 10.8. The number of aromatic nitrogens is 16. The van der Waals surface area contributed by atoms with Gasteiger partial charge in [0.05, 0.1) is 88.4 Å². The molecule has 24 rings (SSSR count). The highest BCUT2D eigenvalue weighted by Crippen LogP contribution is 2.52. The first kappa shape index (κ1) is 49.0. The van der Waals surface area contributed by atoms with E-state index in [9.17, 15) is 0 Å². The second-order valence-electron chi connectivity index (χ2n) is 31.1. The number of pyridine rings is 4. The summed E-state index contributed by atoms with van der Waals surface area (Å²) < 4.78 is 242. The van der Waals surface area contributed by atoms with E-state index in [1.807, 2.05) is 116 Å². The standard InChI is InChI=1S/C36H27N5.C35H26N6.C35H25N5/c1-22-11-7-8-14-25(22)34-39-32(23-12-5-4-6-13-23)38-33(40-34)24-18-19-30-27(21-24)26-15-9-16-28-31(26)41(30)35-29(36(28,2)3)17-10-20-37-35;1-21-9-7-8-12-24(21)34-39-32(22-10-5-4-6-11-22)38-33(40-34)23-13-14-30-27(17-23)35(2,3)28-20-37-19-26-25-18-36-16-15-29(25)41(30)31(26)28;1-35(2)26-16-9-10-17-28(26)40-29-18-11-19-36-30(29)25-20-24(21-27(35)31(25)40)34-38-32(22-12-5-3-6-13-22)37-33(39-34)23-14-7-4-8-15-23/h4-21H,1-3H3;4-20H,1-3H3;3-21H,1-2H3/i4D,5D,6D,7D,8D,11D,12D,13D,14D;4D,5D,6D,7D,8D,9D,10D,11D,12D;3D,4D,5D,6D,7D,8D,12D,13D,14D,15D. The molecule has 16 nitrogen and oxygen atoms in total. The molecule has 0 saturated carbocycles. The highest BCUT2D eigenvalue weighted by molar-refractivity contribution is 6.14. The average Bonchev–Trinajstić information content (AvgIpc) is 1.54. The zero-order valence-electron chi connectivity index (χ0n) is 94.2. The van der Waals surface area contributed by atoms with Gasteiger partial charge in [-0.2, -0.15) is 0 Å². The minimum absolute atomic E-state index is 0.00765. The number of benzene rings is 11. The van der Waals surface area contributed by atoms with Crippen molar-refractivity contribution in [2.75, 3.05) is 0 Å². The van der Waals surface area contributed by atoms with Crippen LogP contribution in [0.3, 0.4) is 0 Å². The first-order valence-electron chi connectivity index (χ1n) is 52.9. The molecule has 10 aromatic heterocycles. The van der Waals surface area contributed by atoms with E-state index in [0.29, 0.717) is 16.7 Å². The summed E-state index contributed by atoms with van der Waals surface area (Å²) in [7, 11) is 0. The van der Waals surface area contributed by atoms with Gasteiger partial charge >= 0.3 is 0 Å². The Morgan fingerprint density at radius 2 is 0.713 bits per heavy atom. The third kappa shape index (κ3) is 11.7. The summed E-state index contributed by atoms with van der Waals surface area (Å²) >= 11 is 0. The van der Waals surface area contributed by atoms with E-state index in [4.69, 9.17) is 58.3 Å². The maximum Gasteiger partial charge on any atom is 0.164 e. The first-order chi connectivity index (χ1) is 71.2. The molecule has 0 atom stereocenters. The van der Waals surface area contributed by atoms with E-state index in [2.05, 4.69) is 124 Å². The molecule has 0 unspecified atom stereocenters. The van der Waals surface area contributed by atoms with Crippen LogP contribution in [0, 0.1) is 13.8 Å². The monoisotopic (exact) mass is 1600 g/mol. The summed E-state index contributed by atoms with van der Waals surface area (Å²) in [6, 6.07) is 25.1. The Morgan fingerprint density at radius 3 is 1.34 bits per heavy atom. The SMILES string of the molecule is [2H]c1c([2H])c([2H])c(-c2nc(-c3cc4c5c(c3)c3ncccc3n5-c3ccccc3C4(C)C)nc(-c3c([2H])c([2H])c([2H])c([2H])c3[2H])n2)c([2H])c1[2H].[2H]c1c([2H])c([2H])c(-c2nc(-c3ccc4c(c3)C(C)(C)c3cncc5c6cnccc6n-4c35)nc(-c3c([2H])c([2H])c([2H])c([2H])c3C)n2)c([2H])c1[2H].[2H]c1c([2H])c([2H])c(-c2nc(-c3ccc4c(c3)c3cccc5c3n4-c3ncccc3C5(C)C)nc(-c3c([2H])c([2H])c([2H])c([2H])c3C)n2)c([2H])c1[2H]. The molecular weight excluding hydrogens is 1500 g/mol. The van der Waals surface area contributed by atoms with Crippen LogP contribution in [0.4, 0.5) is 0 Å². The number of fused-ring (bicyclic) bond motifs is 15. The van der Waals surface area contributed by atoms with Gasteiger partial charge < -0.3 is 9.13 Å². The maximum absolute atomic E-state index is 8.73. The predicted octanol–water partition coefficient (Wildman–Crippen LogP) is 24.0. The number of hydrogen-bond donors (Lipinski definition) is 0. The van der Waals surface area contributed by atoms with Gasteiger partial charge in [-0.1, -0.05) is 253 Å². The Labute approximate surface area is 743 Å². The van der Waals surface area contributed by atoms with Crippen LogP contribution in [0.15, 0.2) is 328 Å². The molecule has 13 heterocycles. The Hall–Kier alpha value is -15.6. The molecular formula is C106H78N16. The summed E-state index contributed by atoms with van der Waals surface area (Å²) in [6.45, 7) is 15.9. The average molecular weight is 1600 g/mol. The highest BCUT2D eigenvalue weighted by atomic mass is 15.1. The molecule has 0 bridgehead atoms. The third-order valence-electron chi connectivity index (χ3n) is 23.1. The molecule has 122 heavy (non-hydrogen) atoms. The van der Waals surface area contributed by atoms with Gasteiger partial charge in [0.25, 0.3) is 0 Å². The number of rotatable bonds is 9. The minimum atomic E-state index is -0.600. The first-order valence-corrected chi connectivity index (χ1v) is 38.9. The lowest BCUT2D eigenvalue weighted by atomic mass is 9.74. The quantitative estimate of drug-likeness (QED) is 0.133. The zero-order valence-corrected chi connectivity index (χ0v) is 66.2. The van der Waals surface area contributed by atoms with E-state index in [1.54, 1.807) is 18.6 Å². The molecule has 0 fully saturated rings. The number of nitrogens with zero attached hydrogens (tertiary/aromatic N) is 16. The van der Waals surface area contributed by atoms with Crippen molar-refractivity contribution >= 4 is 65.5 Å². The van der Waals surface area contributed by atoms with Crippen molar-refractivity contribution in [3.05, 3.63) is 372 Å². The Morgan fingerprint density at radius 1 is 0.270 bits per heavy atom. The van der Waals surface area contributed by atoms with Crippen molar-refractivity contribution in [2.24, 2.45) is 0 Å². The molecule has 0 saturated heterocycles. The van der Waals surface area contributed by atoms with Gasteiger partial charge in [0.1, 0.15) is 5.82 Å². The highest BCUT2D eigenvalue weighted by Gasteiger charge is 2.40. The van der Waals surface area contributed by atoms with Crippen LogP contribution in [0.5, 0.6) is 0 Å². The van der Waals surface area contributed by atoms with E-state index in [1.165, 1.54) is 13.8 Å². The molecule has 21 aromatic rings. The predicted molar refractivity (Wildman–Crippen MR) is 488 cm³/mol. The summed E-state index contributed by atoms with van der Waals surface area (Å²) in [5.41, 5.74) is 14.0. The van der Waals surface area contributed by atoms with Crippen LogP contribution in [-0.2, 0) is 16.2 Å². The van der Waals surface area contributed by atoms with Gasteiger partial charge in [0, 0.05) is 142 Å². The molecule has 3 aliphatic heterocycles. The van der Waals surface area contributed by atoms with Gasteiger partial charge in [-0.15, -0.1) is 0 Å². The van der Waals surface area contributed by atoms with Crippen molar-refractivity contribution in [1.29, 1.82) is 0 Å². The Bertz CT molecular complexity index is 9230. The van der Waals surface area contributed by atoms with E-state index >= 15 is 0 Å². The maximum atomic E-state index is 8.73. The fraction of sp³-hybridized carbons (Fsp3) is 0.104. The van der Waals surface area contributed by atoms with Crippen molar-refractivity contribution in [3.63, 3.8) is 0 Å². The molecule has 0 aliphatic carbocycles. The minimum Gasteiger partial charge on any atom is -0.308 e. The van der Waals surface area contributed by atoms with Crippen molar-refractivity contribution < 1.29 is 38.4 Å². The molecule has 0 spiro atoms. The van der Waals surface area contributed by atoms with Crippen LogP contribution in [0.1, 0.15) is 124 Å². The summed E-state index contributed by atoms with van der Waals surface area (Å²) in [4.78, 5) is 60.0. The van der Waals surface area contributed by atoms with Gasteiger partial charge in [-0.25, -0.2) is 49.8 Å². The smallest absolute Gasteiger partial charge is 0.164 e. The summed E-state index contributed by atoms with van der Waals surface area (Å²) in [5.74, 6) is -0.302. The van der Waals surface area contributed by atoms with Gasteiger partial charge in [-0.3, -0.25) is 19.5 Å². The molecule has 0 amide bonds. The molecule has 0 N–H and O–H groups in total. The van der Waals surface area contributed by atoms with Crippen molar-refractivity contribution in [3.8, 4) is 120 Å². The van der Waals surface area contributed by atoms with Crippen LogP contribution in [-0.4, -0.2) is 78.5 Å². The fourth-order valence-electron chi connectivity index (χ4n) is 17.2. The molecule has 3 aliphatic rings. The zero-order chi connectivity index (χ0) is 107. The second kappa shape index (κ2) is 28.3. The van der Waals surface area contributed by atoms with Crippen LogP contribution < -0.4 is 0 Å². The number of hydrogen-bond acceptors (Lipinski definition) is 13. The van der Waals surface area contributed by atoms with Gasteiger partial charge in [-0.05, 0) is 126 Å². The van der Waals surface area contributed by atoms with Crippen molar-refractivity contribution in [1.82, 2.24) is 78.5 Å². The third-order valence-corrected chi connectivity index (χ3v) is 23.1. The van der Waals surface area contributed by atoms with Gasteiger partial charge in [0.2, 0.25) is 0 Å². The lowest BCUT2D eigenvalue weighted by Crippen LogP contribution is -2.26. The van der Waals surface area contributed by atoms with E-state index < -0.39 is 156 Å². The largest absolute Gasteiger partial charge is 0.308 e.